The van der Waals surface area contributed by atoms with E-state index in [0.717, 1.165) is 0 Å². The van der Waals surface area contributed by atoms with E-state index in [-0.39, 0.29) is 76.2 Å². The van der Waals surface area contributed by atoms with Crippen LogP contribution in [0.25, 0.3) is 0 Å². The Kier molecular flexibility index (Phi) is 10.6. The van der Waals surface area contributed by atoms with Gasteiger partial charge in [-0.05, 0) is 63.2 Å². The molecule has 0 aliphatic rings. The van der Waals surface area contributed by atoms with Gasteiger partial charge in [0.05, 0.1) is 11.6 Å². The van der Waals surface area contributed by atoms with Gasteiger partial charge in [0.15, 0.2) is 0 Å². The number of halogens is 5. The summed E-state index contributed by atoms with van der Waals surface area (Å²) in [6.45, 7) is -1.04. The molecule has 1 aromatic rings. The summed E-state index contributed by atoms with van der Waals surface area (Å²) >= 11 is 0. The van der Waals surface area contributed by atoms with Gasteiger partial charge in [0.2, 0.25) is 0 Å². The molecule has 12 heteroatoms. The third-order valence-electron chi connectivity index (χ3n) is 3.41. The zero-order valence-corrected chi connectivity index (χ0v) is 19.1. The molecule has 0 saturated carbocycles. The predicted octanol–water partition coefficient (Wildman–Crippen LogP) is 0.324. The van der Waals surface area contributed by atoms with Crippen LogP contribution in [0, 0.1) is 11.6 Å². The Morgan fingerprint density at radius 1 is 1.18 bits per heavy atom. The average molecular weight is 435 g/mol. The van der Waals surface area contributed by atoms with E-state index < -0.39 is 47.8 Å². The molecule has 2 N–H and O–H groups in total. The third kappa shape index (κ3) is 9.21. The van der Waals surface area contributed by atoms with Crippen LogP contribution in [0.3, 0.4) is 0 Å². The Balaban J connectivity index is 0.00000729. The summed E-state index contributed by atoms with van der Waals surface area (Å²) in [6.07, 6.45) is -1.06. The van der Waals surface area contributed by atoms with E-state index in [1.54, 1.807) is 20.8 Å². The molecule has 1 rings (SSSR count). The van der Waals surface area contributed by atoms with E-state index in [4.69, 9.17) is 9.84 Å². The Bertz CT molecular complexity index is 686. The van der Waals surface area contributed by atoms with Crippen molar-refractivity contribution in [2.45, 2.75) is 51.7 Å². The Morgan fingerprint density at radius 2 is 1.68 bits per heavy atom. The number of nitrogens with one attached hydrogen (secondary N) is 1. The maximum absolute atomic E-state index is 13.5. The van der Waals surface area contributed by atoms with Crippen molar-refractivity contribution in [2.24, 2.45) is 0 Å². The van der Waals surface area contributed by atoms with Gasteiger partial charge in [0.1, 0.15) is 11.6 Å². The zero-order valence-electron chi connectivity index (χ0n) is 16.0. The number of carboxylic acid groups (broad SMARTS) is 1. The van der Waals surface area contributed by atoms with E-state index >= 15 is 0 Å². The second kappa shape index (κ2) is 10.9. The standard InChI is InChI=1S/C16H20BF5NO4.K/c1-16(2,3)27-15(26)23-12(14(24)25)6-4-5-9-7-10(18)13(11(19)8-9)17(20,21)22;/h7-8,12H,4-6H2,1-3H3,(H,23,26)(H,24,25);/q-1;+1/t12-;/m0./s1. The first-order chi connectivity index (χ1) is 12.2. The Hall–Kier alpha value is -0.689. The van der Waals surface area contributed by atoms with Crippen molar-refractivity contribution in [1.29, 1.82) is 0 Å². The molecule has 0 bridgehead atoms. The first-order valence-electron chi connectivity index (χ1n) is 8.11. The van der Waals surface area contributed by atoms with Gasteiger partial charge >= 0.3 is 70.4 Å². The molecule has 0 fully saturated rings. The van der Waals surface area contributed by atoms with Crippen molar-refractivity contribution in [1.82, 2.24) is 5.32 Å². The molecular formula is C16H20BF5KNO4. The van der Waals surface area contributed by atoms with Gasteiger partial charge in [-0.15, -0.1) is 0 Å². The number of ether oxygens (including phenoxy) is 1. The molecule has 0 radical (unpaired) electrons. The maximum Gasteiger partial charge on any atom is 1.00 e. The number of benzene rings is 1. The molecule has 0 unspecified atom stereocenters. The summed E-state index contributed by atoms with van der Waals surface area (Å²) in [5.41, 5.74) is -2.78. The van der Waals surface area contributed by atoms with Crippen molar-refractivity contribution in [3.8, 4) is 0 Å². The fourth-order valence-electron chi connectivity index (χ4n) is 2.31. The van der Waals surface area contributed by atoms with Crippen molar-refractivity contribution < 1.29 is 92.5 Å². The summed E-state index contributed by atoms with van der Waals surface area (Å²) in [7, 11) is 0. The van der Waals surface area contributed by atoms with Crippen LogP contribution in [-0.4, -0.2) is 35.8 Å². The summed E-state index contributed by atoms with van der Waals surface area (Å²) in [5.74, 6) is -4.76. The molecule has 0 spiro atoms. The molecule has 28 heavy (non-hydrogen) atoms. The van der Waals surface area contributed by atoms with Crippen LogP contribution in [0.4, 0.5) is 26.5 Å². The average Bonchev–Trinajstić information content (AvgIpc) is 2.41. The van der Waals surface area contributed by atoms with E-state index in [1.165, 1.54) is 0 Å². The van der Waals surface area contributed by atoms with Crippen LogP contribution in [0.2, 0.25) is 0 Å². The SMILES string of the molecule is CC(C)(C)OC(=O)N[C@@H](CCCc1cc(F)c([B-](F)(F)F)c(F)c1)C(=O)O.[K+]. The van der Waals surface area contributed by atoms with E-state index in [0.29, 0.717) is 12.1 Å². The monoisotopic (exact) mass is 435 g/mol. The number of hydrogen-bond acceptors (Lipinski definition) is 3. The minimum atomic E-state index is -5.82. The third-order valence-corrected chi connectivity index (χ3v) is 3.41. The fraction of sp³-hybridized carbons (Fsp3) is 0.500. The Morgan fingerprint density at radius 3 is 2.07 bits per heavy atom. The van der Waals surface area contributed by atoms with E-state index in [1.807, 2.05) is 0 Å². The zero-order chi connectivity index (χ0) is 21.0. The van der Waals surface area contributed by atoms with Crippen LogP contribution < -0.4 is 62.2 Å². The summed E-state index contributed by atoms with van der Waals surface area (Å²) in [4.78, 5) is 22.8. The summed E-state index contributed by atoms with van der Waals surface area (Å²) in [5, 5.41) is 11.3. The number of hydrogen-bond donors (Lipinski definition) is 2. The van der Waals surface area contributed by atoms with Crippen molar-refractivity contribution >= 4 is 24.5 Å². The van der Waals surface area contributed by atoms with Crippen LogP contribution in [-0.2, 0) is 16.0 Å². The molecule has 0 aliphatic heterocycles. The maximum atomic E-state index is 13.5. The normalized spacial score (nSPS) is 12.7. The van der Waals surface area contributed by atoms with Crippen LogP contribution in [0.1, 0.15) is 39.2 Å². The molecule has 5 nitrogen and oxygen atoms in total. The van der Waals surface area contributed by atoms with Gasteiger partial charge in [0.25, 0.3) is 0 Å². The smallest absolute Gasteiger partial charge is 0.480 e. The summed E-state index contributed by atoms with van der Waals surface area (Å²) in [6, 6.07) is -0.164. The number of aliphatic carboxylic acids is 1. The second-order valence-electron chi connectivity index (χ2n) is 6.98. The minimum absolute atomic E-state index is 0. The molecule has 1 amide bonds. The quantitative estimate of drug-likeness (QED) is 0.478. The second-order valence-corrected chi connectivity index (χ2v) is 6.98. The van der Waals surface area contributed by atoms with Gasteiger partial charge in [-0.3, -0.25) is 0 Å². The number of carboxylic acids is 1. The van der Waals surface area contributed by atoms with Gasteiger partial charge in [-0.1, -0.05) is 0 Å². The molecule has 0 aromatic heterocycles. The van der Waals surface area contributed by atoms with Crippen molar-refractivity contribution in [3.63, 3.8) is 0 Å². The minimum Gasteiger partial charge on any atom is -0.480 e. The predicted molar refractivity (Wildman–Crippen MR) is 88.8 cm³/mol. The van der Waals surface area contributed by atoms with Gasteiger partial charge in [0, 0.05) is 0 Å². The molecular weight excluding hydrogens is 415 g/mol. The number of rotatable bonds is 7. The van der Waals surface area contributed by atoms with Crippen LogP contribution in [0.5, 0.6) is 0 Å². The first-order valence-corrected chi connectivity index (χ1v) is 8.11. The number of alkyl carbamates (subject to hydrolysis) is 1. The van der Waals surface area contributed by atoms with Gasteiger partial charge < -0.3 is 28.1 Å². The molecule has 152 valence electrons. The number of amides is 1. The number of carbonyl (C=O) groups excluding carboxylic acids is 1. The molecule has 0 aliphatic carbocycles. The van der Waals surface area contributed by atoms with Crippen LogP contribution >= 0.6 is 0 Å². The van der Waals surface area contributed by atoms with E-state index in [2.05, 4.69) is 5.32 Å². The van der Waals surface area contributed by atoms with Crippen molar-refractivity contribution in [3.05, 3.63) is 29.3 Å². The van der Waals surface area contributed by atoms with Gasteiger partial charge in [-0.25, -0.2) is 18.4 Å². The number of carbonyl (C=O) groups is 2. The molecule has 1 atom stereocenters. The molecule has 0 heterocycles. The molecule has 1 aromatic carbocycles. The first kappa shape index (κ1) is 27.3. The topological polar surface area (TPSA) is 75.6 Å². The largest absolute Gasteiger partial charge is 1.00 e. The van der Waals surface area contributed by atoms with Gasteiger partial charge in [-0.2, -0.15) is 0 Å². The fourth-order valence-corrected chi connectivity index (χ4v) is 2.31. The van der Waals surface area contributed by atoms with Crippen LogP contribution in [0.15, 0.2) is 12.1 Å². The summed E-state index contributed by atoms with van der Waals surface area (Å²) < 4.78 is 69.8. The number of aryl methyl sites for hydroxylation is 1. The molecule has 0 saturated heterocycles. The Labute approximate surface area is 201 Å². The van der Waals surface area contributed by atoms with Crippen molar-refractivity contribution in [2.75, 3.05) is 0 Å². The van der Waals surface area contributed by atoms with E-state index in [9.17, 15) is 31.3 Å².